The summed E-state index contributed by atoms with van der Waals surface area (Å²) < 4.78 is 11.4. The minimum Gasteiger partial charge on any atom is -0.490 e. The number of hydrogen-bond donors (Lipinski definition) is 2. The van der Waals surface area contributed by atoms with Crippen LogP contribution in [0.25, 0.3) is 0 Å². The summed E-state index contributed by atoms with van der Waals surface area (Å²) >= 11 is 0. The second-order valence-corrected chi connectivity index (χ2v) is 7.45. The lowest BCUT2D eigenvalue weighted by Crippen LogP contribution is -2.41. The van der Waals surface area contributed by atoms with Gasteiger partial charge in [-0.3, -0.25) is 9.89 Å². The fraction of sp³-hybridized carbons (Fsp3) is 0.667. The van der Waals surface area contributed by atoms with Gasteiger partial charge in [0.15, 0.2) is 17.5 Å². The predicted octanol–water partition coefficient (Wildman–Crippen LogP) is 4.09. The zero-order valence-electron chi connectivity index (χ0n) is 17.2. The number of hydrogen-bond acceptors (Lipinski definition) is 4. The van der Waals surface area contributed by atoms with E-state index < -0.39 is 0 Å². The fourth-order valence-electron chi connectivity index (χ4n) is 4.09. The van der Waals surface area contributed by atoms with Crippen LogP contribution >= 0.6 is 24.0 Å². The zero-order valence-corrected chi connectivity index (χ0v) is 19.5. The normalized spacial score (nSPS) is 18.5. The molecular formula is C21H35IN4O2. The maximum Gasteiger partial charge on any atom is 0.193 e. The van der Waals surface area contributed by atoms with Crippen LogP contribution < -0.4 is 20.5 Å². The summed E-state index contributed by atoms with van der Waals surface area (Å²) in [5, 5.41) is 3.21. The molecule has 0 aromatic heterocycles. The maximum atomic E-state index is 6.19. The Morgan fingerprint density at radius 3 is 2.46 bits per heavy atom. The van der Waals surface area contributed by atoms with Gasteiger partial charge < -0.3 is 20.5 Å². The monoisotopic (exact) mass is 502 g/mol. The van der Waals surface area contributed by atoms with Crippen LogP contribution in [0.2, 0.25) is 0 Å². The van der Waals surface area contributed by atoms with Crippen LogP contribution in [-0.4, -0.2) is 49.7 Å². The molecule has 0 aliphatic carbocycles. The van der Waals surface area contributed by atoms with Crippen molar-refractivity contribution in [3.63, 3.8) is 0 Å². The van der Waals surface area contributed by atoms with Gasteiger partial charge in [0.1, 0.15) is 0 Å². The third-order valence-electron chi connectivity index (χ3n) is 5.67. The summed E-state index contributed by atoms with van der Waals surface area (Å²) in [4.78, 5) is 7.28. The van der Waals surface area contributed by atoms with E-state index in [1.165, 1.54) is 38.8 Å². The first-order valence-electron chi connectivity index (χ1n) is 10.4. The van der Waals surface area contributed by atoms with Crippen molar-refractivity contribution in [2.75, 3.05) is 38.2 Å². The van der Waals surface area contributed by atoms with Gasteiger partial charge in [-0.25, -0.2) is 0 Å². The van der Waals surface area contributed by atoms with E-state index in [1.807, 2.05) is 18.2 Å². The lowest BCUT2D eigenvalue weighted by Gasteiger charge is -2.32. The highest BCUT2D eigenvalue weighted by atomic mass is 127. The van der Waals surface area contributed by atoms with E-state index in [1.54, 1.807) is 0 Å². The van der Waals surface area contributed by atoms with Crippen LogP contribution in [0.5, 0.6) is 11.5 Å². The lowest BCUT2D eigenvalue weighted by molar-refractivity contribution is 0.172. The van der Waals surface area contributed by atoms with Crippen molar-refractivity contribution >= 4 is 35.6 Å². The molecule has 1 saturated heterocycles. The highest BCUT2D eigenvalue weighted by molar-refractivity contribution is 14.0. The molecule has 0 amide bonds. The number of nitrogens with two attached hydrogens (primary N) is 1. The third-order valence-corrected chi connectivity index (χ3v) is 5.67. The molecule has 1 fully saturated rings. The van der Waals surface area contributed by atoms with Crippen LogP contribution in [0, 0.1) is 5.92 Å². The first kappa shape index (κ1) is 23.1. The second-order valence-electron chi connectivity index (χ2n) is 7.45. The van der Waals surface area contributed by atoms with Crippen LogP contribution in [0.1, 0.15) is 46.0 Å². The average molecular weight is 502 g/mol. The van der Waals surface area contributed by atoms with Crippen molar-refractivity contribution in [2.45, 2.75) is 52.0 Å². The van der Waals surface area contributed by atoms with Crippen molar-refractivity contribution in [1.82, 2.24) is 4.90 Å². The fourth-order valence-corrected chi connectivity index (χ4v) is 4.09. The summed E-state index contributed by atoms with van der Waals surface area (Å²) in [5.74, 6) is 2.67. The molecule has 3 rings (SSSR count). The number of guanidine groups is 1. The number of fused-ring (bicyclic) bond motifs is 1. The van der Waals surface area contributed by atoms with Gasteiger partial charge in [-0.15, -0.1) is 24.0 Å². The van der Waals surface area contributed by atoms with Crippen molar-refractivity contribution in [2.24, 2.45) is 16.6 Å². The molecule has 0 saturated carbocycles. The number of anilines is 1. The summed E-state index contributed by atoms with van der Waals surface area (Å²) in [7, 11) is 0. The summed E-state index contributed by atoms with van der Waals surface area (Å²) in [5.41, 5.74) is 7.07. The van der Waals surface area contributed by atoms with E-state index in [9.17, 15) is 0 Å². The van der Waals surface area contributed by atoms with E-state index >= 15 is 0 Å². The molecular weight excluding hydrogens is 467 g/mol. The first-order valence-corrected chi connectivity index (χ1v) is 10.4. The largest absolute Gasteiger partial charge is 0.490 e. The molecule has 1 unspecified atom stereocenters. The number of likely N-dealkylation sites (tertiary alicyclic amines) is 1. The predicted molar refractivity (Wildman–Crippen MR) is 126 cm³/mol. The Kier molecular flexibility index (Phi) is 9.64. The Hall–Kier alpha value is -1.22. The average Bonchev–Trinajstić information content (AvgIpc) is 3.10. The van der Waals surface area contributed by atoms with Gasteiger partial charge in [-0.1, -0.05) is 26.7 Å². The van der Waals surface area contributed by atoms with E-state index in [4.69, 9.17) is 15.2 Å². The number of benzene rings is 1. The van der Waals surface area contributed by atoms with Gasteiger partial charge in [0, 0.05) is 24.2 Å². The summed E-state index contributed by atoms with van der Waals surface area (Å²) in [6.45, 7) is 9.04. The molecule has 2 aliphatic heterocycles. The first-order chi connectivity index (χ1) is 13.2. The standard InChI is InChI=1S/C21H34N4O2.HI/c1-3-16(4-2)18(25-10-5-6-11-25)15-23-21(22)24-17-8-9-19-20(14-17)27-13-7-12-26-19;/h8-9,14,16,18H,3-7,10-13,15H2,1-2H3,(H3,22,23,24);1H. The Morgan fingerprint density at radius 2 is 1.79 bits per heavy atom. The molecule has 6 nitrogen and oxygen atoms in total. The number of aliphatic imine (C=N–C) groups is 1. The number of rotatable bonds is 7. The van der Waals surface area contributed by atoms with Crippen molar-refractivity contribution in [3.8, 4) is 11.5 Å². The van der Waals surface area contributed by atoms with Gasteiger partial charge in [0.05, 0.1) is 19.8 Å². The van der Waals surface area contributed by atoms with Gasteiger partial charge in [0.2, 0.25) is 0 Å². The lowest BCUT2D eigenvalue weighted by atomic mass is 9.93. The molecule has 1 aromatic carbocycles. The van der Waals surface area contributed by atoms with Crippen molar-refractivity contribution < 1.29 is 9.47 Å². The van der Waals surface area contributed by atoms with E-state index in [0.29, 0.717) is 31.1 Å². The smallest absolute Gasteiger partial charge is 0.193 e. The van der Waals surface area contributed by atoms with Crippen LogP contribution in [0.4, 0.5) is 5.69 Å². The quantitative estimate of drug-likeness (QED) is 0.334. The molecule has 0 radical (unpaired) electrons. The molecule has 158 valence electrons. The van der Waals surface area contributed by atoms with Gasteiger partial charge in [-0.05, 0) is 44.0 Å². The van der Waals surface area contributed by atoms with Crippen LogP contribution in [-0.2, 0) is 0 Å². The third kappa shape index (κ3) is 6.14. The maximum absolute atomic E-state index is 6.19. The second kappa shape index (κ2) is 11.7. The molecule has 0 bridgehead atoms. The SMILES string of the molecule is CCC(CC)C(CN=C(N)Nc1ccc2c(c1)OCCCO2)N1CCCC1.I. The zero-order chi connectivity index (χ0) is 19.1. The number of ether oxygens (including phenoxy) is 2. The minimum atomic E-state index is 0. The van der Waals surface area contributed by atoms with E-state index in [-0.39, 0.29) is 24.0 Å². The van der Waals surface area contributed by atoms with Gasteiger partial charge in [0.25, 0.3) is 0 Å². The summed E-state index contributed by atoms with van der Waals surface area (Å²) in [6.07, 6.45) is 5.86. The molecule has 28 heavy (non-hydrogen) atoms. The molecule has 3 N–H and O–H groups in total. The van der Waals surface area contributed by atoms with E-state index in [2.05, 4.69) is 29.1 Å². The molecule has 2 heterocycles. The Bertz CT molecular complexity index is 629. The summed E-state index contributed by atoms with van der Waals surface area (Å²) in [6, 6.07) is 6.29. The van der Waals surface area contributed by atoms with Gasteiger partial charge >= 0.3 is 0 Å². The van der Waals surface area contributed by atoms with E-state index in [0.717, 1.165) is 30.2 Å². The molecule has 0 spiro atoms. The molecule has 1 aromatic rings. The molecule has 2 aliphatic rings. The topological polar surface area (TPSA) is 72.1 Å². The minimum absolute atomic E-state index is 0. The molecule has 1 atom stereocenters. The number of halogens is 1. The Morgan fingerprint density at radius 1 is 1.11 bits per heavy atom. The van der Waals surface area contributed by atoms with Gasteiger partial charge in [-0.2, -0.15) is 0 Å². The van der Waals surface area contributed by atoms with Crippen LogP contribution in [0.3, 0.4) is 0 Å². The number of nitrogens with one attached hydrogen (secondary N) is 1. The highest BCUT2D eigenvalue weighted by Gasteiger charge is 2.27. The Balaban J connectivity index is 0.00000280. The molecule has 7 heteroatoms. The van der Waals surface area contributed by atoms with Crippen molar-refractivity contribution in [3.05, 3.63) is 18.2 Å². The van der Waals surface area contributed by atoms with Crippen molar-refractivity contribution in [1.29, 1.82) is 0 Å². The highest BCUT2D eigenvalue weighted by Crippen LogP contribution is 2.32. The number of nitrogens with zero attached hydrogens (tertiary/aromatic N) is 2. The Labute approximate surface area is 186 Å². The van der Waals surface area contributed by atoms with Crippen LogP contribution in [0.15, 0.2) is 23.2 Å².